The summed E-state index contributed by atoms with van der Waals surface area (Å²) in [5, 5.41) is 12.0. The van der Waals surface area contributed by atoms with Crippen molar-refractivity contribution in [2.24, 2.45) is 0 Å². The molecule has 0 spiro atoms. The van der Waals surface area contributed by atoms with E-state index in [0.29, 0.717) is 25.2 Å². The molecule has 2 aliphatic rings. The number of fused-ring (bicyclic) bond motifs is 1. The highest BCUT2D eigenvalue weighted by molar-refractivity contribution is 5.78. The molecule has 2 atom stereocenters. The number of nitriles is 1. The van der Waals surface area contributed by atoms with E-state index in [-0.39, 0.29) is 23.7 Å². The fourth-order valence-corrected chi connectivity index (χ4v) is 3.25. The molecule has 8 heteroatoms. The van der Waals surface area contributed by atoms with Crippen LogP contribution < -0.4 is 10.2 Å². The molecule has 2 saturated heterocycles. The topological polar surface area (TPSA) is 59.4 Å². The average molecular weight is 324 g/mol. The van der Waals surface area contributed by atoms with Gasteiger partial charge in [-0.1, -0.05) is 0 Å². The van der Waals surface area contributed by atoms with E-state index in [1.165, 1.54) is 6.07 Å². The Morgan fingerprint density at radius 2 is 2.13 bits per heavy atom. The van der Waals surface area contributed by atoms with Crippen LogP contribution in [0.2, 0.25) is 0 Å². The van der Waals surface area contributed by atoms with Crippen molar-refractivity contribution in [1.82, 2.24) is 10.2 Å². The van der Waals surface area contributed by atoms with Gasteiger partial charge in [-0.15, -0.1) is 0 Å². The standard InChI is InChI=1S/C15H15F3N4O/c1-21-13-4-5-22(8-11(13)20-14(21)23)12-3-2-10(15(16,17)18)6-9(12)7-19/h2-3,6,11,13H,4-5,8H2,1H3,(H,20,23)/t11-,13+/m1/s1. The summed E-state index contributed by atoms with van der Waals surface area (Å²) in [4.78, 5) is 15.2. The summed E-state index contributed by atoms with van der Waals surface area (Å²) in [6.45, 7) is 1.06. The minimum absolute atomic E-state index is 0.00375. The number of nitrogens with zero attached hydrogens (tertiary/aromatic N) is 3. The molecule has 0 bridgehead atoms. The quantitative estimate of drug-likeness (QED) is 0.861. The van der Waals surface area contributed by atoms with Crippen molar-refractivity contribution in [3.05, 3.63) is 29.3 Å². The molecule has 2 heterocycles. The molecule has 1 aromatic rings. The summed E-state index contributed by atoms with van der Waals surface area (Å²) in [7, 11) is 1.73. The highest BCUT2D eigenvalue weighted by Gasteiger charge is 2.41. The van der Waals surface area contributed by atoms with Crippen LogP contribution in [0, 0.1) is 11.3 Å². The molecule has 0 unspecified atom stereocenters. The Bertz CT molecular complexity index is 682. The maximum Gasteiger partial charge on any atom is 0.416 e. The van der Waals surface area contributed by atoms with Gasteiger partial charge in [-0.3, -0.25) is 0 Å². The number of piperidine rings is 1. The third-order valence-corrected chi connectivity index (χ3v) is 4.49. The zero-order valence-corrected chi connectivity index (χ0v) is 12.4. The number of benzene rings is 1. The van der Waals surface area contributed by atoms with Crippen LogP contribution in [0.4, 0.5) is 23.7 Å². The molecule has 2 fully saturated rings. The van der Waals surface area contributed by atoms with Gasteiger partial charge in [0.1, 0.15) is 6.07 Å². The van der Waals surface area contributed by atoms with Crippen molar-refractivity contribution in [2.45, 2.75) is 24.7 Å². The van der Waals surface area contributed by atoms with E-state index < -0.39 is 11.7 Å². The van der Waals surface area contributed by atoms with Crippen LogP contribution in [0.25, 0.3) is 0 Å². The third kappa shape index (κ3) is 2.67. The summed E-state index contributed by atoms with van der Waals surface area (Å²) in [6.07, 6.45) is -3.77. The molecule has 5 nitrogen and oxygen atoms in total. The SMILES string of the molecule is CN1C(=O)N[C@@H]2CN(c3ccc(C(F)(F)F)cc3C#N)CC[C@@H]21. The van der Waals surface area contributed by atoms with Crippen LogP contribution in [0.5, 0.6) is 0 Å². The predicted octanol–water partition coefficient (Wildman–Crippen LogP) is 2.18. The summed E-state index contributed by atoms with van der Waals surface area (Å²) in [5.41, 5.74) is -0.361. The number of halogens is 3. The summed E-state index contributed by atoms with van der Waals surface area (Å²) < 4.78 is 38.3. The second kappa shape index (κ2) is 5.33. The van der Waals surface area contributed by atoms with Crippen LogP contribution >= 0.6 is 0 Å². The summed E-state index contributed by atoms with van der Waals surface area (Å²) in [5.74, 6) is 0. The number of carbonyl (C=O) groups excluding carboxylic acids is 1. The number of urea groups is 1. The molecule has 0 aromatic heterocycles. The van der Waals surface area contributed by atoms with Crippen LogP contribution in [-0.4, -0.2) is 43.2 Å². The molecule has 0 saturated carbocycles. The number of carbonyl (C=O) groups is 1. The van der Waals surface area contributed by atoms with Gasteiger partial charge < -0.3 is 15.1 Å². The van der Waals surface area contributed by atoms with E-state index in [1.54, 1.807) is 11.9 Å². The minimum Gasteiger partial charge on any atom is -0.368 e. The van der Waals surface area contributed by atoms with Crippen LogP contribution in [-0.2, 0) is 6.18 Å². The number of rotatable bonds is 1. The summed E-state index contributed by atoms with van der Waals surface area (Å²) in [6, 6.07) is 4.89. The van der Waals surface area contributed by atoms with Gasteiger partial charge in [0.05, 0.1) is 28.9 Å². The number of anilines is 1. The lowest BCUT2D eigenvalue weighted by atomic mass is 9.98. The molecule has 0 radical (unpaired) electrons. The first-order valence-electron chi connectivity index (χ1n) is 7.21. The van der Waals surface area contributed by atoms with Gasteiger partial charge in [0.25, 0.3) is 0 Å². The molecule has 2 amide bonds. The Kier molecular flexibility index (Phi) is 3.59. The molecule has 122 valence electrons. The maximum absolute atomic E-state index is 12.8. The Balaban J connectivity index is 1.86. The largest absolute Gasteiger partial charge is 0.416 e. The fraction of sp³-hybridized carbons (Fsp3) is 0.467. The Hall–Kier alpha value is -2.43. The Labute approximate surface area is 131 Å². The van der Waals surface area contributed by atoms with Crippen molar-refractivity contribution < 1.29 is 18.0 Å². The first-order chi connectivity index (χ1) is 10.8. The average Bonchev–Trinajstić information content (AvgIpc) is 2.80. The van der Waals surface area contributed by atoms with E-state index in [9.17, 15) is 23.2 Å². The van der Waals surface area contributed by atoms with Crippen molar-refractivity contribution in [2.75, 3.05) is 25.0 Å². The zero-order chi connectivity index (χ0) is 16.8. The molecule has 3 rings (SSSR count). The maximum atomic E-state index is 12.8. The van der Waals surface area contributed by atoms with Gasteiger partial charge in [0.2, 0.25) is 0 Å². The lowest BCUT2D eigenvalue weighted by Crippen LogP contribution is -2.51. The van der Waals surface area contributed by atoms with Gasteiger partial charge in [0.15, 0.2) is 0 Å². The van der Waals surface area contributed by atoms with Crippen LogP contribution in [0.15, 0.2) is 18.2 Å². The number of amides is 2. The Morgan fingerprint density at radius 1 is 1.39 bits per heavy atom. The van der Waals surface area contributed by atoms with Crippen molar-refractivity contribution in [3.63, 3.8) is 0 Å². The van der Waals surface area contributed by atoms with Gasteiger partial charge in [0, 0.05) is 20.1 Å². The number of nitrogens with one attached hydrogen (secondary N) is 1. The van der Waals surface area contributed by atoms with E-state index in [2.05, 4.69) is 5.32 Å². The lowest BCUT2D eigenvalue weighted by Gasteiger charge is -2.37. The number of hydrogen-bond acceptors (Lipinski definition) is 3. The molecule has 0 aliphatic carbocycles. The van der Waals surface area contributed by atoms with Gasteiger partial charge in [-0.2, -0.15) is 18.4 Å². The summed E-state index contributed by atoms with van der Waals surface area (Å²) >= 11 is 0. The van der Waals surface area contributed by atoms with Gasteiger partial charge >= 0.3 is 12.2 Å². The van der Waals surface area contributed by atoms with E-state index in [0.717, 1.165) is 12.1 Å². The number of alkyl halides is 3. The van der Waals surface area contributed by atoms with Crippen molar-refractivity contribution >= 4 is 11.7 Å². The third-order valence-electron chi connectivity index (χ3n) is 4.49. The molecule has 23 heavy (non-hydrogen) atoms. The monoisotopic (exact) mass is 324 g/mol. The molecule has 1 N–H and O–H groups in total. The predicted molar refractivity (Wildman–Crippen MR) is 76.9 cm³/mol. The van der Waals surface area contributed by atoms with Crippen molar-refractivity contribution in [1.29, 1.82) is 5.26 Å². The fourth-order valence-electron chi connectivity index (χ4n) is 3.25. The van der Waals surface area contributed by atoms with E-state index in [1.807, 2.05) is 11.0 Å². The van der Waals surface area contributed by atoms with Gasteiger partial charge in [-0.25, -0.2) is 4.79 Å². The highest BCUT2D eigenvalue weighted by atomic mass is 19.4. The van der Waals surface area contributed by atoms with Gasteiger partial charge in [-0.05, 0) is 24.6 Å². The van der Waals surface area contributed by atoms with E-state index in [4.69, 9.17) is 0 Å². The second-order valence-corrected chi connectivity index (χ2v) is 5.81. The van der Waals surface area contributed by atoms with Crippen LogP contribution in [0.3, 0.4) is 0 Å². The minimum atomic E-state index is -4.47. The molecular formula is C15H15F3N4O. The van der Waals surface area contributed by atoms with Crippen LogP contribution in [0.1, 0.15) is 17.5 Å². The van der Waals surface area contributed by atoms with Crippen molar-refractivity contribution in [3.8, 4) is 6.07 Å². The number of likely N-dealkylation sites (N-methyl/N-ethyl adjacent to an activating group) is 1. The number of hydrogen-bond donors (Lipinski definition) is 1. The second-order valence-electron chi connectivity index (χ2n) is 5.81. The normalized spacial score (nSPS) is 24.2. The first-order valence-corrected chi connectivity index (χ1v) is 7.21. The van der Waals surface area contributed by atoms with E-state index >= 15 is 0 Å². The Morgan fingerprint density at radius 3 is 2.78 bits per heavy atom. The molecule has 1 aromatic carbocycles. The lowest BCUT2D eigenvalue weighted by molar-refractivity contribution is -0.137. The molecule has 2 aliphatic heterocycles. The smallest absolute Gasteiger partial charge is 0.368 e. The first kappa shape index (κ1) is 15.5. The zero-order valence-electron chi connectivity index (χ0n) is 12.4. The molecular weight excluding hydrogens is 309 g/mol. The highest BCUT2D eigenvalue weighted by Crippen LogP contribution is 2.34.